The van der Waals surface area contributed by atoms with E-state index in [0.717, 1.165) is 29.0 Å². The third-order valence-electron chi connectivity index (χ3n) is 2.28. The molecule has 0 aliphatic heterocycles. The predicted molar refractivity (Wildman–Crippen MR) is 60.3 cm³/mol. The summed E-state index contributed by atoms with van der Waals surface area (Å²) in [4.78, 5) is 12.0. The van der Waals surface area contributed by atoms with E-state index in [0.29, 0.717) is 12.5 Å². The maximum atomic E-state index is 5.55. The summed E-state index contributed by atoms with van der Waals surface area (Å²) in [6.45, 7) is 4.86. The van der Waals surface area contributed by atoms with E-state index in [-0.39, 0.29) is 0 Å². The molecule has 80 valence electrons. The van der Waals surface area contributed by atoms with Gasteiger partial charge in [-0.2, -0.15) is 0 Å². The first-order valence-corrected chi connectivity index (χ1v) is 5.22. The van der Waals surface area contributed by atoms with Crippen molar-refractivity contribution in [3.05, 3.63) is 23.7 Å². The van der Waals surface area contributed by atoms with E-state index in [4.69, 9.17) is 5.73 Å². The monoisotopic (exact) mass is 204 g/mol. The molecule has 0 atom stereocenters. The van der Waals surface area contributed by atoms with Gasteiger partial charge in [0.1, 0.15) is 5.82 Å². The van der Waals surface area contributed by atoms with Gasteiger partial charge < -0.3 is 10.7 Å². The van der Waals surface area contributed by atoms with Gasteiger partial charge in [-0.15, -0.1) is 0 Å². The number of nitrogens with two attached hydrogens (primary N) is 1. The molecule has 0 spiro atoms. The molecule has 2 rings (SSSR count). The number of aromatic amines is 1. The highest BCUT2D eigenvalue weighted by atomic mass is 15.0. The van der Waals surface area contributed by atoms with Crippen molar-refractivity contribution in [3.63, 3.8) is 0 Å². The second-order valence-corrected chi connectivity index (χ2v) is 4.20. The molecule has 0 aliphatic carbocycles. The van der Waals surface area contributed by atoms with Crippen LogP contribution in [0.4, 0.5) is 0 Å². The normalized spacial score (nSPS) is 11.5. The topological polar surface area (TPSA) is 67.6 Å². The molecule has 0 fully saturated rings. The highest BCUT2D eigenvalue weighted by Gasteiger charge is 2.05. The van der Waals surface area contributed by atoms with Crippen molar-refractivity contribution >= 4 is 11.2 Å². The standard InChI is InChI=1S/C11H16N4/c1-7(2)3-10-14-9-4-8(5-12)6-13-11(9)15-10/h4,6-7H,3,5,12H2,1-2H3,(H,13,14,15). The van der Waals surface area contributed by atoms with Crippen molar-refractivity contribution in [2.24, 2.45) is 11.7 Å². The molecule has 3 N–H and O–H groups in total. The quantitative estimate of drug-likeness (QED) is 0.798. The minimum absolute atomic E-state index is 0.515. The van der Waals surface area contributed by atoms with Crippen molar-refractivity contribution in [3.8, 4) is 0 Å². The maximum Gasteiger partial charge on any atom is 0.177 e. The smallest absolute Gasteiger partial charge is 0.177 e. The Morgan fingerprint density at radius 3 is 2.93 bits per heavy atom. The summed E-state index contributed by atoms with van der Waals surface area (Å²) in [5.41, 5.74) is 8.34. The lowest BCUT2D eigenvalue weighted by molar-refractivity contribution is 0.627. The molecular weight excluding hydrogens is 188 g/mol. The van der Waals surface area contributed by atoms with Crippen LogP contribution >= 0.6 is 0 Å². The summed E-state index contributed by atoms with van der Waals surface area (Å²) < 4.78 is 0. The van der Waals surface area contributed by atoms with Crippen LogP contribution in [0.15, 0.2) is 12.3 Å². The van der Waals surface area contributed by atoms with Gasteiger partial charge in [0, 0.05) is 19.2 Å². The number of hydrogen-bond acceptors (Lipinski definition) is 3. The van der Waals surface area contributed by atoms with Crippen molar-refractivity contribution in [2.75, 3.05) is 0 Å². The Kier molecular flexibility index (Phi) is 2.68. The highest BCUT2D eigenvalue weighted by molar-refractivity contribution is 5.71. The zero-order valence-corrected chi connectivity index (χ0v) is 9.12. The molecule has 2 aromatic rings. The number of fused-ring (bicyclic) bond motifs is 1. The molecule has 0 bridgehead atoms. The van der Waals surface area contributed by atoms with Crippen molar-refractivity contribution in [1.29, 1.82) is 0 Å². The fourth-order valence-corrected chi connectivity index (χ4v) is 1.59. The fraction of sp³-hybridized carbons (Fsp3) is 0.455. The Hall–Kier alpha value is -1.42. The van der Waals surface area contributed by atoms with Crippen molar-refractivity contribution in [2.45, 2.75) is 26.8 Å². The molecule has 0 amide bonds. The first-order valence-electron chi connectivity index (χ1n) is 5.22. The Labute approximate surface area is 88.9 Å². The van der Waals surface area contributed by atoms with Gasteiger partial charge in [-0.05, 0) is 17.5 Å². The molecule has 4 heteroatoms. The summed E-state index contributed by atoms with van der Waals surface area (Å²) in [7, 11) is 0. The van der Waals surface area contributed by atoms with E-state index in [2.05, 4.69) is 28.8 Å². The number of rotatable bonds is 3. The van der Waals surface area contributed by atoms with Gasteiger partial charge in [0.05, 0.1) is 5.52 Å². The van der Waals surface area contributed by atoms with E-state index >= 15 is 0 Å². The molecule has 4 nitrogen and oxygen atoms in total. The van der Waals surface area contributed by atoms with Crippen molar-refractivity contribution in [1.82, 2.24) is 15.0 Å². The largest absolute Gasteiger partial charge is 0.341 e. The van der Waals surface area contributed by atoms with E-state index in [1.807, 2.05) is 6.07 Å². The third-order valence-corrected chi connectivity index (χ3v) is 2.28. The lowest BCUT2D eigenvalue weighted by Gasteiger charge is -1.98. The second-order valence-electron chi connectivity index (χ2n) is 4.20. The van der Waals surface area contributed by atoms with Crippen LogP contribution in [0.25, 0.3) is 11.2 Å². The van der Waals surface area contributed by atoms with E-state index in [9.17, 15) is 0 Å². The molecule has 0 aromatic carbocycles. The molecular formula is C11H16N4. The van der Waals surface area contributed by atoms with Crippen LogP contribution in [-0.2, 0) is 13.0 Å². The summed E-state index contributed by atoms with van der Waals surface area (Å²) in [5.74, 6) is 1.60. The summed E-state index contributed by atoms with van der Waals surface area (Å²) in [6.07, 6.45) is 2.73. The minimum atomic E-state index is 0.515. The van der Waals surface area contributed by atoms with Crippen LogP contribution in [0.2, 0.25) is 0 Å². The van der Waals surface area contributed by atoms with Gasteiger partial charge in [0.25, 0.3) is 0 Å². The third kappa shape index (κ3) is 2.15. The molecule has 2 heterocycles. The lowest BCUT2D eigenvalue weighted by atomic mass is 10.1. The van der Waals surface area contributed by atoms with E-state index in [1.54, 1.807) is 6.20 Å². The Morgan fingerprint density at radius 2 is 2.27 bits per heavy atom. The van der Waals surface area contributed by atoms with Crippen LogP contribution in [0, 0.1) is 5.92 Å². The predicted octanol–water partition coefficient (Wildman–Crippen LogP) is 1.62. The van der Waals surface area contributed by atoms with Gasteiger partial charge in [-0.25, -0.2) is 9.97 Å². The van der Waals surface area contributed by atoms with Crippen LogP contribution in [0.5, 0.6) is 0 Å². The van der Waals surface area contributed by atoms with Gasteiger partial charge in [-0.3, -0.25) is 0 Å². The summed E-state index contributed by atoms with van der Waals surface area (Å²) in [5, 5.41) is 0. The minimum Gasteiger partial charge on any atom is -0.341 e. The second kappa shape index (κ2) is 3.98. The number of nitrogens with one attached hydrogen (secondary N) is 1. The van der Waals surface area contributed by atoms with Crippen LogP contribution in [0.1, 0.15) is 25.2 Å². The Morgan fingerprint density at radius 1 is 1.47 bits per heavy atom. The Balaban J connectivity index is 2.37. The number of nitrogens with zero attached hydrogens (tertiary/aromatic N) is 2. The molecule has 0 aliphatic rings. The molecule has 15 heavy (non-hydrogen) atoms. The first-order chi connectivity index (χ1) is 7.19. The Bertz CT molecular complexity index is 459. The van der Waals surface area contributed by atoms with Gasteiger partial charge in [-0.1, -0.05) is 13.8 Å². The average Bonchev–Trinajstić information content (AvgIpc) is 2.57. The summed E-state index contributed by atoms with van der Waals surface area (Å²) in [6, 6.07) is 2.01. The molecule has 0 saturated carbocycles. The molecule has 0 radical (unpaired) electrons. The summed E-state index contributed by atoms with van der Waals surface area (Å²) >= 11 is 0. The van der Waals surface area contributed by atoms with Crippen LogP contribution < -0.4 is 5.73 Å². The van der Waals surface area contributed by atoms with Gasteiger partial charge in [0.15, 0.2) is 5.65 Å². The van der Waals surface area contributed by atoms with E-state index in [1.165, 1.54) is 0 Å². The van der Waals surface area contributed by atoms with Crippen LogP contribution in [-0.4, -0.2) is 15.0 Å². The lowest BCUT2D eigenvalue weighted by Crippen LogP contribution is -1.96. The molecule has 2 aromatic heterocycles. The number of pyridine rings is 1. The zero-order valence-electron chi connectivity index (χ0n) is 9.12. The fourth-order valence-electron chi connectivity index (χ4n) is 1.59. The maximum absolute atomic E-state index is 5.55. The highest BCUT2D eigenvalue weighted by Crippen LogP contribution is 2.12. The van der Waals surface area contributed by atoms with Gasteiger partial charge in [0.2, 0.25) is 0 Å². The van der Waals surface area contributed by atoms with Gasteiger partial charge >= 0.3 is 0 Å². The molecule has 0 saturated heterocycles. The number of aromatic nitrogens is 3. The SMILES string of the molecule is CC(C)Cc1nc2ncc(CN)cc2[nH]1. The molecule has 0 unspecified atom stereocenters. The number of hydrogen-bond donors (Lipinski definition) is 2. The van der Waals surface area contributed by atoms with Crippen LogP contribution in [0.3, 0.4) is 0 Å². The first kappa shape index (κ1) is 10.1. The zero-order chi connectivity index (χ0) is 10.8. The number of H-pyrrole nitrogens is 1. The number of imidazole rings is 1. The van der Waals surface area contributed by atoms with E-state index < -0.39 is 0 Å². The van der Waals surface area contributed by atoms with Crippen molar-refractivity contribution < 1.29 is 0 Å². The average molecular weight is 204 g/mol.